The Bertz CT molecular complexity index is 1230. The Kier molecular flexibility index (Phi) is 10.9. The Hall–Kier alpha value is -3.64. The highest BCUT2D eigenvalue weighted by Crippen LogP contribution is 2.32. The van der Waals surface area contributed by atoms with Crippen LogP contribution in [0.3, 0.4) is 0 Å². The lowest BCUT2D eigenvalue weighted by atomic mass is 9.86. The van der Waals surface area contributed by atoms with Crippen molar-refractivity contribution in [2.75, 3.05) is 0 Å². The molecular weight excluding hydrogens is 480 g/mol. The lowest BCUT2D eigenvalue weighted by molar-refractivity contribution is -0.193. The highest BCUT2D eigenvalue weighted by atomic mass is 32.1. The summed E-state index contributed by atoms with van der Waals surface area (Å²) in [6.45, 7) is 15.8. The summed E-state index contributed by atoms with van der Waals surface area (Å²) in [6, 6.07) is 10.8. The Morgan fingerprint density at radius 3 is 2.08 bits per heavy atom. The van der Waals surface area contributed by atoms with Gasteiger partial charge in [-0.3, -0.25) is 4.79 Å². The van der Waals surface area contributed by atoms with Crippen LogP contribution in [0.5, 0.6) is 5.75 Å². The Morgan fingerprint density at radius 2 is 1.58 bits per heavy atom. The fourth-order valence-electron chi connectivity index (χ4n) is 3.28. The van der Waals surface area contributed by atoms with E-state index in [1.165, 1.54) is 4.88 Å². The number of aromatic hydroxyl groups is 1. The summed E-state index contributed by atoms with van der Waals surface area (Å²) in [7, 11) is 0. The number of carbonyl (C=O) groups excluding carboxylic acids is 5. The van der Waals surface area contributed by atoms with Crippen molar-refractivity contribution < 1.29 is 29.1 Å². The van der Waals surface area contributed by atoms with E-state index in [4.69, 9.17) is 19.2 Å². The lowest BCUT2D eigenvalue weighted by Gasteiger charge is -2.37. The lowest BCUT2D eigenvalue weighted by Crippen LogP contribution is -2.45. The molecule has 2 aromatic heterocycles. The second kappa shape index (κ2) is 12.9. The molecule has 0 unspecified atom stereocenters. The number of phenolic OH excluding ortho intramolecular Hbond substituents is 1. The average Bonchev–Trinajstić information content (AvgIpc) is 3.26. The molecule has 1 N–H and O–H groups in total. The number of thiophene rings is 1. The highest BCUT2D eigenvalue weighted by molar-refractivity contribution is 7.10. The zero-order chi connectivity index (χ0) is 27.7. The summed E-state index contributed by atoms with van der Waals surface area (Å²) in [4.78, 5) is 53.9. The SMILES string of the molecule is C[C@@H](N(Cc1csc(C(C)(C)C)c1)C(=O)c1ccc2cc(O)ccc2n1)C(C)(C)C.O=C=O.O=C=O. The molecule has 0 aliphatic carbocycles. The number of pyridine rings is 1. The van der Waals surface area contributed by atoms with Gasteiger partial charge in [-0.1, -0.05) is 47.6 Å². The molecule has 0 spiro atoms. The van der Waals surface area contributed by atoms with Gasteiger partial charge in [-0.15, -0.1) is 11.3 Å². The van der Waals surface area contributed by atoms with Crippen molar-refractivity contribution in [2.45, 2.75) is 66.5 Å². The third-order valence-corrected chi connectivity index (χ3v) is 7.02. The van der Waals surface area contributed by atoms with Crippen LogP contribution in [0.15, 0.2) is 41.8 Å². The van der Waals surface area contributed by atoms with Crippen molar-refractivity contribution in [1.29, 1.82) is 0 Å². The summed E-state index contributed by atoms with van der Waals surface area (Å²) in [5, 5.41) is 12.7. The molecule has 1 aromatic carbocycles. The number of phenols is 1. The quantitative estimate of drug-likeness (QED) is 0.509. The first-order valence-corrected chi connectivity index (χ1v) is 12.0. The van der Waals surface area contributed by atoms with E-state index >= 15 is 0 Å². The summed E-state index contributed by atoms with van der Waals surface area (Å²) in [5.74, 6) is 0.120. The normalized spacial score (nSPS) is 11.6. The number of fused-ring (bicyclic) bond motifs is 1. The average molecular weight is 513 g/mol. The fourth-order valence-corrected chi connectivity index (χ4v) is 4.27. The van der Waals surface area contributed by atoms with Gasteiger partial charge in [0.05, 0.1) is 5.52 Å². The van der Waals surface area contributed by atoms with Crippen LogP contribution in [0, 0.1) is 5.41 Å². The molecule has 0 fully saturated rings. The van der Waals surface area contributed by atoms with Crippen molar-refractivity contribution in [3.05, 3.63) is 57.9 Å². The van der Waals surface area contributed by atoms with Crippen LogP contribution in [-0.4, -0.2) is 39.2 Å². The smallest absolute Gasteiger partial charge is 0.373 e. The molecule has 3 rings (SSSR count). The number of carbonyl (C=O) groups is 1. The number of benzene rings is 1. The van der Waals surface area contributed by atoms with Crippen molar-refractivity contribution in [2.24, 2.45) is 5.41 Å². The van der Waals surface area contributed by atoms with E-state index in [1.54, 1.807) is 35.6 Å². The maximum absolute atomic E-state index is 13.6. The minimum absolute atomic E-state index is 0.0281. The Morgan fingerprint density at radius 1 is 1.00 bits per heavy atom. The molecule has 9 heteroatoms. The summed E-state index contributed by atoms with van der Waals surface area (Å²) < 4.78 is 0. The van der Waals surface area contributed by atoms with Crippen molar-refractivity contribution in [3.63, 3.8) is 0 Å². The van der Waals surface area contributed by atoms with Gasteiger partial charge in [0.2, 0.25) is 0 Å². The molecule has 0 saturated heterocycles. The van der Waals surface area contributed by atoms with Crippen LogP contribution in [0.1, 0.15) is 69.4 Å². The van der Waals surface area contributed by atoms with Gasteiger partial charge in [0.1, 0.15) is 11.4 Å². The number of amides is 1. The summed E-state index contributed by atoms with van der Waals surface area (Å²) in [6.07, 6.45) is 0.500. The highest BCUT2D eigenvalue weighted by Gasteiger charge is 2.31. The van der Waals surface area contributed by atoms with Gasteiger partial charge >= 0.3 is 12.3 Å². The molecule has 0 aliphatic rings. The molecule has 36 heavy (non-hydrogen) atoms. The minimum Gasteiger partial charge on any atom is -0.508 e. The molecule has 3 aromatic rings. The first kappa shape index (κ1) is 30.4. The second-order valence-corrected chi connectivity index (χ2v) is 11.2. The van der Waals surface area contributed by atoms with Gasteiger partial charge in [-0.05, 0) is 59.0 Å². The van der Waals surface area contributed by atoms with Gasteiger partial charge < -0.3 is 10.0 Å². The fraction of sp³-hybridized carbons (Fsp3) is 0.407. The van der Waals surface area contributed by atoms with Gasteiger partial charge in [-0.2, -0.15) is 19.2 Å². The van der Waals surface area contributed by atoms with E-state index in [2.05, 4.69) is 64.9 Å². The van der Waals surface area contributed by atoms with E-state index in [0.717, 1.165) is 10.9 Å². The molecule has 1 amide bonds. The van der Waals surface area contributed by atoms with E-state index in [0.29, 0.717) is 17.8 Å². The molecule has 192 valence electrons. The molecule has 0 aliphatic heterocycles. The Labute approximate surface area is 215 Å². The van der Waals surface area contributed by atoms with Gasteiger partial charge in [-0.25, -0.2) is 4.98 Å². The predicted octanol–water partition coefficient (Wildman–Crippen LogP) is 5.21. The monoisotopic (exact) mass is 512 g/mol. The van der Waals surface area contributed by atoms with Crippen LogP contribution in [0.25, 0.3) is 10.9 Å². The van der Waals surface area contributed by atoms with E-state index < -0.39 is 0 Å². The number of nitrogens with zero attached hydrogens (tertiary/aromatic N) is 2. The standard InChI is InChI=1S/C25H32N2O2S.2CO2/c1-16(24(2,3)4)27(14-17-12-22(30-15-17)25(5,6)7)23(29)21-10-8-18-13-19(28)9-11-20(18)26-21;2*2-1-3/h8-13,15-16,28H,14H2,1-7H3;;/t16-;;/m1../s1. The molecule has 2 heterocycles. The van der Waals surface area contributed by atoms with Gasteiger partial charge in [0.15, 0.2) is 0 Å². The van der Waals surface area contributed by atoms with E-state index in [9.17, 15) is 9.90 Å². The first-order valence-electron chi connectivity index (χ1n) is 11.2. The molecule has 0 saturated carbocycles. The third-order valence-electron chi connectivity index (χ3n) is 5.62. The van der Waals surface area contributed by atoms with Crippen LogP contribution in [0.2, 0.25) is 0 Å². The van der Waals surface area contributed by atoms with Crippen LogP contribution in [-0.2, 0) is 31.1 Å². The largest absolute Gasteiger partial charge is 0.508 e. The van der Waals surface area contributed by atoms with Crippen molar-refractivity contribution >= 4 is 40.4 Å². The van der Waals surface area contributed by atoms with Crippen LogP contribution < -0.4 is 0 Å². The maximum atomic E-state index is 13.6. The summed E-state index contributed by atoms with van der Waals surface area (Å²) >= 11 is 1.75. The number of hydrogen-bond acceptors (Lipinski definition) is 8. The summed E-state index contributed by atoms with van der Waals surface area (Å²) in [5.41, 5.74) is 2.31. The van der Waals surface area contributed by atoms with E-state index in [-0.39, 0.29) is 40.8 Å². The predicted molar refractivity (Wildman–Crippen MR) is 135 cm³/mol. The second-order valence-electron chi connectivity index (χ2n) is 10.3. The zero-order valence-corrected chi connectivity index (χ0v) is 22.4. The molecular formula is C27H32N2O6S. The van der Waals surface area contributed by atoms with Gasteiger partial charge in [0.25, 0.3) is 5.91 Å². The number of rotatable bonds is 4. The number of aromatic nitrogens is 1. The van der Waals surface area contributed by atoms with Crippen molar-refractivity contribution in [3.8, 4) is 5.75 Å². The van der Waals surface area contributed by atoms with Crippen LogP contribution in [0.4, 0.5) is 0 Å². The first-order chi connectivity index (χ1) is 16.7. The molecule has 0 bridgehead atoms. The zero-order valence-electron chi connectivity index (χ0n) is 21.6. The molecule has 0 radical (unpaired) electrons. The van der Waals surface area contributed by atoms with Gasteiger partial charge in [0, 0.05) is 22.8 Å². The van der Waals surface area contributed by atoms with Crippen molar-refractivity contribution in [1.82, 2.24) is 9.88 Å². The van der Waals surface area contributed by atoms with Crippen LogP contribution >= 0.6 is 11.3 Å². The minimum atomic E-state index is -0.0732. The number of hydrogen-bond donors (Lipinski definition) is 1. The molecule has 8 nitrogen and oxygen atoms in total. The Balaban J connectivity index is 0.000000982. The molecule has 1 atom stereocenters. The maximum Gasteiger partial charge on any atom is 0.373 e. The topological polar surface area (TPSA) is 122 Å². The third kappa shape index (κ3) is 8.54. The van der Waals surface area contributed by atoms with E-state index in [1.807, 2.05) is 11.0 Å².